The summed E-state index contributed by atoms with van der Waals surface area (Å²) in [5, 5.41) is 10.4. The zero-order valence-electron chi connectivity index (χ0n) is 14.3. The second-order valence-corrected chi connectivity index (χ2v) is 6.90. The summed E-state index contributed by atoms with van der Waals surface area (Å²) in [4.78, 5) is 0. The van der Waals surface area contributed by atoms with Crippen LogP contribution >= 0.6 is 0 Å². The van der Waals surface area contributed by atoms with Gasteiger partial charge in [-0.3, -0.25) is 0 Å². The van der Waals surface area contributed by atoms with Crippen LogP contribution in [0.3, 0.4) is 0 Å². The van der Waals surface area contributed by atoms with Crippen molar-refractivity contribution in [2.24, 2.45) is 0 Å². The zero-order valence-corrected chi connectivity index (χ0v) is 14.3. The van der Waals surface area contributed by atoms with Gasteiger partial charge in [-0.15, -0.1) is 0 Å². The number of rotatable bonds is 3. The lowest BCUT2D eigenvalue weighted by molar-refractivity contribution is 0.0554. The third-order valence-corrected chi connectivity index (χ3v) is 4.86. The van der Waals surface area contributed by atoms with Crippen molar-refractivity contribution in [3.8, 4) is 11.5 Å². The monoisotopic (exact) mass is 288 g/mol. The van der Waals surface area contributed by atoms with Gasteiger partial charge >= 0.3 is 0 Å². The standard InChI is InChI=1S/C19H28O2/c1-12(2)8-7-10-19(6)11-9-16-17(20)14(4)13(3)15(5)18(16)21-19/h8,20H,7,9-11H2,1-6H3. The van der Waals surface area contributed by atoms with Crippen LogP contribution in [0.4, 0.5) is 0 Å². The van der Waals surface area contributed by atoms with Gasteiger partial charge in [0.15, 0.2) is 0 Å². The van der Waals surface area contributed by atoms with Gasteiger partial charge in [0.1, 0.15) is 17.1 Å². The topological polar surface area (TPSA) is 29.5 Å². The smallest absolute Gasteiger partial charge is 0.130 e. The van der Waals surface area contributed by atoms with Gasteiger partial charge in [-0.1, -0.05) is 11.6 Å². The molecule has 1 aliphatic heterocycles. The lowest BCUT2D eigenvalue weighted by Gasteiger charge is -2.37. The van der Waals surface area contributed by atoms with E-state index in [-0.39, 0.29) is 5.60 Å². The van der Waals surface area contributed by atoms with E-state index in [1.165, 1.54) is 11.1 Å². The average molecular weight is 288 g/mol. The average Bonchev–Trinajstić information content (AvgIpc) is 2.42. The third kappa shape index (κ3) is 3.09. The summed E-state index contributed by atoms with van der Waals surface area (Å²) in [5.74, 6) is 1.35. The number of hydrogen-bond acceptors (Lipinski definition) is 2. The van der Waals surface area contributed by atoms with Crippen LogP contribution in [-0.4, -0.2) is 10.7 Å². The fraction of sp³-hybridized carbons (Fsp3) is 0.579. The minimum absolute atomic E-state index is 0.127. The Bertz CT molecular complexity index is 580. The largest absolute Gasteiger partial charge is 0.507 e. The lowest BCUT2D eigenvalue weighted by atomic mass is 9.85. The molecule has 1 aromatic rings. The Balaban J connectivity index is 2.30. The van der Waals surface area contributed by atoms with Crippen LogP contribution in [0.5, 0.6) is 11.5 Å². The van der Waals surface area contributed by atoms with E-state index in [0.717, 1.165) is 48.1 Å². The van der Waals surface area contributed by atoms with Crippen LogP contribution < -0.4 is 4.74 Å². The minimum atomic E-state index is -0.127. The van der Waals surface area contributed by atoms with Gasteiger partial charge in [0, 0.05) is 5.56 Å². The zero-order chi connectivity index (χ0) is 15.8. The van der Waals surface area contributed by atoms with E-state index in [4.69, 9.17) is 4.74 Å². The highest BCUT2D eigenvalue weighted by Gasteiger charge is 2.34. The molecule has 1 aliphatic rings. The predicted octanol–water partition coefficient (Wildman–Crippen LogP) is 5.15. The molecule has 1 heterocycles. The Morgan fingerprint density at radius 1 is 1.19 bits per heavy atom. The molecule has 0 spiro atoms. The number of phenols is 1. The maximum atomic E-state index is 10.4. The number of aromatic hydroxyl groups is 1. The fourth-order valence-corrected chi connectivity index (χ4v) is 3.09. The summed E-state index contributed by atoms with van der Waals surface area (Å²) in [6, 6.07) is 0. The molecule has 2 rings (SSSR count). The fourth-order valence-electron chi connectivity index (χ4n) is 3.09. The van der Waals surface area contributed by atoms with Gasteiger partial charge in [0.25, 0.3) is 0 Å². The second-order valence-electron chi connectivity index (χ2n) is 6.90. The van der Waals surface area contributed by atoms with Crippen LogP contribution in [0.1, 0.15) is 62.3 Å². The van der Waals surface area contributed by atoms with E-state index in [1.54, 1.807) is 0 Å². The van der Waals surface area contributed by atoms with Gasteiger partial charge in [-0.2, -0.15) is 0 Å². The van der Waals surface area contributed by atoms with Crippen molar-refractivity contribution in [1.29, 1.82) is 0 Å². The number of hydrogen-bond donors (Lipinski definition) is 1. The van der Waals surface area contributed by atoms with Crippen molar-refractivity contribution in [2.45, 2.75) is 72.8 Å². The highest BCUT2D eigenvalue weighted by molar-refractivity contribution is 5.58. The summed E-state index contributed by atoms with van der Waals surface area (Å²) in [6.07, 6.45) is 6.20. The van der Waals surface area contributed by atoms with Gasteiger partial charge in [0.2, 0.25) is 0 Å². The Hall–Kier alpha value is -1.44. The second kappa shape index (κ2) is 5.75. The number of benzene rings is 1. The van der Waals surface area contributed by atoms with E-state index in [9.17, 15) is 5.11 Å². The molecule has 0 fully saturated rings. The number of allylic oxidation sites excluding steroid dienone is 2. The van der Waals surface area contributed by atoms with Crippen molar-refractivity contribution in [1.82, 2.24) is 0 Å². The summed E-state index contributed by atoms with van der Waals surface area (Å²) in [5.41, 5.74) is 5.53. The molecule has 0 bridgehead atoms. The molecule has 1 N–H and O–H groups in total. The normalized spacial score (nSPS) is 20.7. The number of ether oxygens (including phenoxy) is 1. The Morgan fingerprint density at radius 3 is 2.48 bits per heavy atom. The van der Waals surface area contributed by atoms with Gasteiger partial charge in [-0.25, -0.2) is 0 Å². The summed E-state index contributed by atoms with van der Waals surface area (Å²) < 4.78 is 6.36. The molecule has 21 heavy (non-hydrogen) atoms. The first-order valence-corrected chi connectivity index (χ1v) is 7.89. The van der Waals surface area contributed by atoms with Crippen molar-refractivity contribution >= 4 is 0 Å². The Morgan fingerprint density at radius 2 is 1.86 bits per heavy atom. The van der Waals surface area contributed by atoms with Crippen molar-refractivity contribution in [3.05, 3.63) is 33.9 Å². The minimum Gasteiger partial charge on any atom is -0.507 e. The quantitative estimate of drug-likeness (QED) is 0.780. The molecule has 0 aromatic heterocycles. The van der Waals surface area contributed by atoms with Gasteiger partial charge in [-0.05, 0) is 83.9 Å². The van der Waals surface area contributed by atoms with Gasteiger partial charge < -0.3 is 9.84 Å². The molecule has 2 heteroatoms. The third-order valence-electron chi connectivity index (χ3n) is 4.86. The Kier molecular flexibility index (Phi) is 4.36. The molecular formula is C19H28O2. The van der Waals surface area contributed by atoms with Crippen LogP contribution in [-0.2, 0) is 6.42 Å². The van der Waals surface area contributed by atoms with E-state index < -0.39 is 0 Å². The lowest BCUT2D eigenvalue weighted by Crippen LogP contribution is -2.36. The van der Waals surface area contributed by atoms with Crippen LogP contribution in [0.15, 0.2) is 11.6 Å². The van der Waals surface area contributed by atoms with E-state index in [1.807, 2.05) is 6.92 Å². The van der Waals surface area contributed by atoms with E-state index in [0.29, 0.717) is 5.75 Å². The molecule has 116 valence electrons. The number of fused-ring (bicyclic) bond motifs is 1. The van der Waals surface area contributed by atoms with Crippen molar-refractivity contribution in [2.75, 3.05) is 0 Å². The molecule has 1 aromatic carbocycles. The first-order chi connectivity index (χ1) is 9.75. The Labute approximate surface area is 128 Å². The van der Waals surface area contributed by atoms with E-state index >= 15 is 0 Å². The SMILES string of the molecule is CC(C)=CCCC1(C)CCc2c(O)c(C)c(C)c(C)c2O1. The van der Waals surface area contributed by atoms with Crippen LogP contribution in [0.2, 0.25) is 0 Å². The highest BCUT2D eigenvalue weighted by atomic mass is 16.5. The van der Waals surface area contributed by atoms with Gasteiger partial charge in [0.05, 0.1) is 0 Å². The summed E-state index contributed by atoms with van der Waals surface area (Å²) in [6.45, 7) is 12.6. The summed E-state index contributed by atoms with van der Waals surface area (Å²) in [7, 11) is 0. The molecule has 0 saturated heterocycles. The molecule has 2 nitrogen and oxygen atoms in total. The molecular weight excluding hydrogens is 260 g/mol. The maximum Gasteiger partial charge on any atom is 0.130 e. The maximum absolute atomic E-state index is 10.4. The molecule has 0 aliphatic carbocycles. The summed E-state index contributed by atoms with van der Waals surface area (Å²) >= 11 is 0. The highest BCUT2D eigenvalue weighted by Crippen LogP contribution is 2.45. The van der Waals surface area contributed by atoms with Crippen molar-refractivity contribution < 1.29 is 9.84 Å². The molecule has 0 radical (unpaired) electrons. The molecule has 0 saturated carbocycles. The van der Waals surface area contributed by atoms with Crippen LogP contribution in [0, 0.1) is 20.8 Å². The molecule has 1 atom stereocenters. The van der Waals surface area contributed by atoms with E-state index in [2.05, 4.69) is 40.7 Å². The van der Waals surface area contributed by atoms with Crippen molar-refractivity contribution in [3.63, 3.8) is 0 Å². The molecule has 1 unspecified atom stereocenters. The van der Waals surface area contributed by atoms with Crippen LogP contribution in [0.25, 0.3) is 0 Å². The first-order valence-electron chi connectivity index (χ1n) is 7.89. The number of phenolic OH excluding ortho intramolecular Hbond substituents is 1. The first kappa shape index (κ1) is 15.9. The molecule has 0 amide bonds. The predicted molar refractivity (Wildman–Crippen MR) is 88.3 cm³/mol.